The first-order valence-electron chi connectivity index (χ1n) is 9.57. The Morgan fingerprint density at radius 2 is 2.04 bits per heavy atom. The fourth-order valence-electron chi connectivity index (χ4n) is 3.94. The van der Waals surface area contributed by atoms with Gasteiger partial charge < -0.3 is 4.74 Å². The van der Waals surface area contributed by atoms with E-state index >= 15 is 0 Å². The number of morpholine rings is 1. The molecule has 1 aromatic carbocycles. The molecule has 5 nitrogen and oxygen atoms in total. The average molecular weight is 382 g/mol. The maximum atomic E-state index is 12.4. The second-order valence-electron chi connectivity index (χ2n) is 7.69. The minimum atomic E-state index is 0.00552. The van der Waals surface area contributed by atoms with Gasteiger partial charge in [0.05, 0.1) is 17.9 Å². The van der Waals surface area contributed by atoms with E-state index in [2.05, 4.69) is 29.2 Å². The van der Waals surface area contributed by atoms with Crippen LogP contribution in [0.4, 0.5) is 0 Å². The number of rotatable bonds is 4. The summed E-state index contributed by atoms with van der Waals surface area (Å²) < 4.78 is 8.08. The molecule has 3 aromatic rings. The number of aryl methyl sites for hydroxylation is 1. The van der Waals surface area contributed by atoms with Gasteiger partial charge in [0.25, 0.3) is 5.56 Å². The molecule has 1 saturated carbocycles. The molecule has 2 atom stereocenters. The standard InChI is InChI=1S/C21H23N3O2S/c1-14-10-24-20(25)9-17(22-21(24)27-14)11-23-12-18(15-5-3-2-4-6-15)26-19(13-23)16-7-8-16/h2-6,9-10,16,18-19H,7-8,11-13H2,1H3/t18-,19+/m0/s1. The van der Waals surface area contributed by atoms with Crippen molar-refractivity contribution in [2.45, 2.75) is 38.5 Å². The van der Waals surface area contributed by atoms with Crippen LogP contribution in [0.1, 0.15) is 35.1 Å². The average Bonchev–Trinajstić information content (AvgIpc) is 3.44. The monoisotopic (exact) mass is 381 g/mol. The molecular weight excluding hydrogens is 358 g/mol. The Balaban J connectivity index is 1.40. The first-order valence-corrected chi connectivity index (χ1v) is 10.4. The maximum absolute atomic E-state index is 12.4. The van der Waals surface area contributed by atoms with Crippen molar-refractivity contribution in [3.8, 4) is 0 Å². The zero-order valence-corrected chi connectivity index (χ0v) is 16.2. The van der Waals surface area contributed by atoms with Gasteiger partial charge in [-0.2, -0.15) is 0 Å². The summed E-state index contributed by atoms with van der Waals surface area (Å²) in [5.74, 6) is 0.681. The molecule has 27 heavy (non-hydrogen) atoms. The molecule has 3 heterocycles. The lowest BCUT2D eigenvalue weighted by Gasteiger charge is -2.38. The Morgan fingerprint density at radius 1 is 1.22 bits per heavy atom. The fourth-order valence-corrected chi connectivity index (χ4v) is 4.79. The molecule has 2 aromatic heterocycles. The predicted molar refractivity (Wildman–Crippen MR) is 106 cm³/mol. The van der Waals surface area contributed by atoms with Gasteiger partial charge in [-0.15, -0.1) is 11.3 Å². The van der Waals surface area contributed by atoms with Gasteiger partial charge >= 0.3 is 0 Å². The Morgan fingerprint density at radius 3 is 2.81 bits per heavy atom. The van der Waals surface area contributed by atoms with Crippen molar-refractivity contribution in [2.24, 2.45) is 5.92 Å². The summed E-state index contributed by atoms with van der Waals surface area (Å²) in [6, 6.07) is 12.1. The summed E-state index contributed by atoms with van der Waals surface area (Å²) in [4.78, 5) is 21.4. The highest BCUT2D eigenvalue weighted by molar-refractivity contribution is 7.16. The minimum Gasteiger partial charge on any atom is -0.367 e. The van der Waals surface area contributed by atoms with Crippen LogP contribution >= 0.6 is 11.3 Å². The van der Waals surface area contributed by atoms with Crippen molar-refractivity contribution in [1.82, 2.24) is 14.3 Å². The van der Waals surface area contributed by atoms with E-state index in [-0.39, 0.29) is 17.8 Å². The number of hydrogen-bond acceptors (Lipinski definition) is 5. The molecule has 0 unspecified atom stereocenters. The molecule has 5 rings (SSSR count). The SMILES string of the molecule is Cc1cn2c(=O)cc(CN3C[C@@H](c4ccccc4)O[C@@H](C4CC4)C3)nc2s1. The van der Waals surface area contributed by atoms with Crippen LogP contribution in [0, 0.1) is 12.8 Å². The maximum Gasteiger partial charge on any atom is 0.258 e. The summed E-state index contributed by atoms with van der Waals surface area (Å²) in [5.41, 5.74) is 2.08. The van der Waals surface area contributed by atoms with Crippen LogP contribution in [0.3, 0.4) is 0 Å². The zero-order valence-electron chi connectivity index (χ0n) is 15.4. The van der Waals surface area contributed by atoms with Gasteiger partial charge in [0.1, 0.15) is 0 Å². The zero-order chi connectivity index (χ0) is 18.4. The third-order valence-corrected chi connectivity index (χ3v) is 6.34. The van der Waals surface area contributed by atoms with E-state index in [1.54, 1.807) is 21.8 Å². The number of benzene rings is 1. The number of nitrogens with zero attached hydrogens (tertiary/aromatic N) is 3. The fraction of sp³-hybridized carbons (Fsp3) is 0.429. The molecule has 140 valence electrons. The molecule has 0 amide bonds. The molecule has 0 N–H and O–H groups in total. The molecule has 1 aliphatic heterocycles. The molecule has 2 fully saturated rings. The number of ether oxygens (including phenoxy) is 1. The number of aromatic nitrogens is 2. The minimum absolute atomic E-state index is 0.00552. The lowest BCUT2D eigenvalue weighted by atomic mass is 10.0. The first-order chi connectivity index (χ1) is 13.2. The quantitative estimate of drug-likeness (QED) is 0.695. The van der Waals surface area contributed by atoms with E-state index in [1.807, 2.05) is 19.2 Å². The third-order valence-electron chi connectivity index (χ3n) is 5.44. The van der Waals surface area contributed by atoms with Crippen molar-refractivity contribution < 1.29 is 4.74 Å². The Bertz CT molecular complexity index is 1010. The molecule has 1 saturated heterocycles. The van der Waals surface area contributed by atoms with Gasteiger partial charge in [-0.3, -0.25) is 14.1 Å². The van der Waals surface area contributed by atoms with Crippen LogP contribution in [-0.2, 0) is 11.3 Å². The van der Waals surface area contributed by atoms with Crippen molar-refractivity contribution in [1.29, 1.82) is 0 Å². The van der Waals surface area contributed by atoms with Crippen LogP contribution < -0.4 is 5.56 Å². The largest absolute Gasteiger partial charge is 0.367 e. The van der Waals surface area contributed by atoms with Crippen molar-refractivity contribution >= 4 is 16.3 Å². The normalized spacial score (nSPS) is 23.7. The van der Waals surface area contributed by atoms with Crippen molar-refractivity contribution in [3.05, 3.63) is 69.1 Å². The molecule has 0 spiro atoms. The van der Waals surface area contributed by atoms with Gasteiger partial charge in [0.2, 0.25) is 0 Å². The highest BCUT2D eigenvalue weighted by atomic mass is 32.1. The van der Waals surface area contributed by atoms with Gasteiger partial charge in [0.15, 0.2) is 4.96 Å². The summed E-state index contributed by atoms with van der Waals surface area (Å²) in [6.45, 7) is 4.44. The summed E-state index contributed by atoms with van der Waals surface area (Å²) >= 11 is 1.56. The van der Waals surface area contributed by atoms with Crippen LogP contribution in [-0.4, -0.2) is 33.5 Å². The second kappa shape index (κ2) is 6.86. The molecular formula is C21H23N3O2S. The van der Waals surface area contributed by atoms with E-state index in [1.165, 1.54) is 18.4 Å². The van der Waals surface area contributed by atoms with E-state index in [0.29, 0.717) is 12.5 Å². The van der Waals surface area contributed by atoms with E-state index in [9.17, 15) is 4.79 Å². The van der Waals surface area contributed by atoms with E-state index < -0.39 is 0 Å². The topological polar surface area (TPSA) is 46.8 Å². The highest BCUT2D eigenvalue weighted by Gasteiger charge is 2.38. The Labute approximate surface area is 162 Å². The van der Waals surface area contributed by atoms with Gasteiger partial charge in [-0.1, -0.05) is 30.3 Å². The summed E-state index contributed by atoms with van der Waals surface area (Å²) in [6.07, 6.45) is 4.75. The van der Waals surface area contributed by atoms with Crippen molar-refractivity contribution in [2.75, 3.05) is 13.1 Å². The molecule has 2 aliphatic rings. The van der Waals surface area contributed by atoms with E-state index in [0.717, 1.165) is 28.6 Å². The highest BCUT2D eigenvalue weighted by Crippen LogP contribution is 2.39. The molecule has 1 aliphatic carbocycles. The Kier molecular flexibility index (Phi) is 4.34. The first kappa shape index (κ1) is 17.1. The van der Waals surface area contributed by atoms with Gasteiger partial charge in [-0.25, -0.2) is 4.98 Å². The summed E-state index contributed by atoms with van der Waals surface area (Å²) in [5, 5.41) is 0. The third kappa shape index (κ3) is 3.57. The van der Waals surface area contributed by atoms with Crippen LogP contribution in [0.2, 0.25) is 0 Å². The van der Waals surface area contributed by atoms with Crippen LogP contribution in [0.25, 0.3) is 4.96 Å². The lowest BCUT2D eigenvalue weighted by molar-refractivity contribution is -0.0988. The molecule has 0 radical (unpaired) electrons. The number of thiazole rings is 1. The second-order valence-corrected chi connectivity index (χ2v) is 8.90. The smallest absolute Gasteiger partial charge is 0.258 e. The van der Waals surface area contributed by atoms with Gasteiger partial charge in [-0.05, 0) is 31.2 Å². The summed E-state index contributed by atoms with van der Waals surface area (Å²) in [7, 11) is 0. The molecule has 6 heteroatoms. The van der Waals surface area contributed by atoms with Crippen LogP contribution in [0.5, 0.6) is 0 Å². The van der Waals surface area contributed by atoms with E-state index in [4.69, 9.17) is 9.72 Å². The Hall–Kier alpha value is -2.02. The van der Waals surface area contributed by atoms with Crippen molar-refractivity contribution in [3.63, 3.8) is 0 Å². The van der Waals surface area contributed by atoms with Crippen LogP contribution in [0.15, 0.2) is 47.4 Å². The van der Waals surface area contributed by atoms with Gasteiger partial charge in [0, 0.05) is 36.8 Å². The number of fused-ring (bicyclic) bond motifs is 1. The predicted octanol–water partition coefficient (Wildman–Crippen LogP) is 3.42. The lowest BCUT2D eigenvalue weighted by Crippen LogP contribution is -2.44. The molecule has 0 bridgehead atoms. The number of hydrogen-bond donors (Lipinski definition) is 0.